The maximum atomic E-state index is 11.4. The lowest BCUT2D eigenvalue weighted by Gasteiger charge is -2.31. The second-order valence-corrected chi connectivity index (χ2v) is 3.99. The highest BCUT2D eigenvalue weighted by molar-refractivity contribution is 5.87. The van der Waals surface area contributed by atoms with Gasteiger partial charge in [-0.05, 0) is 6.42 Å². The minimum atomic E-state index is -0.808. The first-order valence-electron chi connectivity index (χ1n) is 5.42. The molecule has 3 rings (SSSR count). The lowest BCUT2D eigenvalue weighted by molar-refractivity contribution is -0.169. The smallest absolute Gasteiger partial charge is 0.358 e. The first kappa shape index (κ1) is 10.2. The highest BCUT2D eigenvalue weighted by Crippen LogP contribution is 2.39. The normalized spacial score (nSPS) is 19.6. The fourth-order valence-electron chi connectivity index (χ4n) is 2.23. The van der Waals surface area contributed by atoms with Crippen LogP contribution in [0.1, 0.15) is 29.0 Å². The van der Waals surface area contributed by atoms with Crippen molar-refractivity contribution < 1.29 is 19.0 Å². The van der Waals surface area contributed by atoms with Gasteiger partial charge in [-0.15, -0.1) is 0 Å². The predicted octanol–water partition coefficient (Wildman–Crippen LogP) is 1.13. The molecule has 0 saturated carbocycles. The van der Waals surface area contributed by atoms with E-state index in [0.29, 0.717) is 0 Å². The van der Waals surface area contributed by atoms with Crippen molar-refractivity contribution in [2.45, 2.75) is 25.2 Å². The van der Waals surface area contributed by atoms with E-state index in [4.69, 9.17) is 9.47 Å². The first-order chi connectivity index (χ1) is 8.25. The zero-order chi connectivity index (χ0) is 11.9. The molecule has 1 aromatic rings. The van der Waals surface area contributed by atoms with Gasteiger partial charge in [0, 0.05) is 19.0 Å². The molecule has 0 atom stereocenters. The van der Waals surface area contributed by atoms with Gasteiger partial charge < -0.3 is 14.2 Å². The van der Waals surface area contributed by atoms with Crippen LogP contribution in [0.3, 0.4) is 0 Å². The Hall–Kier alpha value is -1.98. The van der Waals surface area contributed by atoms with Crippen LogP contribution in [0, 0.1) is 0 Å². The summed E-state index contributed by atoms with van der Waals surface area (Å²) in [6.45, 7) is 0.751. The number of fused-ring (bicyclic) bond motifs is 2. The molecule has 0 amide bonds. The number of carbonyl (C=O) groups is 1. The quantitative estimate of drug-likeness (QED) is 0.684. The van der Waals surface area contributed by atoms with Crippen molar-refractivity contribution in [3.8, 4) is 0 Å². The van der Waals surface area contributed by atoms with Gasteiger partial charge in [-0.2, -0.15) is 5.10 Å². The molecule has 0 radical (unpaired) electrons. The van der Waals surface area contributed by atoms with Gasteiger partial charge in [0.05, 0.1) is 7.11 Å². The molecule has 2 aliphatic rings. The molecule has 0 aliphatic carbocycles. The number of nitrogens with zero attached hydrogens (tertiary/aromatic N) is 2. The number of aromatic nitrogens is 2. The third kappa shape index (κ3) is 1.40. The molecule has 0 fully saturated rings. The van der Waals surface area contributed by atoms with E-state index in [1.807, 2.05) is 0 Å². The summed E-state index contributed by atoms with van der Waals surface area (Å²) in [5.74, 6) is -1.26. The number of esters is 1. The second-order valence-electron chi connectivity index (χ2n) is 3.99. The Bertz CT molecular complexity index is 484. The third-order valence-corrected chi connectivity index (χ3v) is 3.01. The monoisotopic (exact) mass is 236 g/mol. The van der Waals surface area contributed by atoms with E-state index in [2.05, 4.69) is 9.84 Å². The summed E-state index contributed by atoms with van der Waals surface area (Å²) in [4.78, 5) is 11.4. The summed E-state index contributed by atoms with van der Waals surface area (Å²) in [6, 6.07) is 1.66. The van der Waals surface area contributed by atoms with Crippen molar-refractivity contribution in [2.24, 2.45) is 0 Å². The molecule has 1 spiro atoms. The highest BCUT2D eigenvalue weighted by Gasteiger charge is 2.44. The molecule has 17 heavy (non-hydrogen) atoms. The van der Waals surface area contributed by atoms with Crippen molar-refractivity contribution in [2.75, 3.05) is 7.11 Å². The number of hydrogen-bond acceptors (Lipinski definition) is 5. The molecule has 6 heteroatoms. The van der Waals surface area contributed by atoms with Crippen LogP contribution < -0.4 is 0 Å². The van der Waals surface area contributed by atoms with Gasteiger partial charge in [0.25, 0.3) is 5.79 Å². The lowest BCUT2D eigenvalue weighted by Crippen LogP contribution is -2.34. The van der Waals surface area contributed by atoms with E-state index in [-0.39, 0.29) is 5.69 Å². The van der Waals surface area contributed by atoms with Crippen molar-refractivity contribution in [3.63, 3.8) is 0 Å². The number of methoxy groups -OCH3 is 1. The number of hydrogen-bond donors (Lipinski definition) is 0. The molecule has 90 valence electrons. The third-order valence-electron chi connectivity index (χ3n) is 3.01. The molecule has 0 unspecified atom stereocenters. The number of carbonyl (C=O) groups excluding carboxylic acids is 1. The predicted molar refractivity (Wildman–Crippen MR) is 55.8 cm³/mol. The van der Waals surface area contributed by atoms with Crippen molar-refractivity contribution in [1.29, 1.82) is 0 Å². The molecule has 0 N–H and O–H groups in total. The zero-order valence-electron chi connectivity index (χ0n) is 9.38. The topological polar surface area (TPSA) is 62.6 Å². The standard InChI is InChI=1S/C11H12N2O4/c1-15-10(14)8-7-9-11(16-5-6-17-11)3-2-4-13(9)12-8/h5-7H,2-4H2,1H3. The van der Waals surface area contributed by atoms with E-state index in [1.54, 1.807) is 10.7 Å². The van der Waals surface area contributed by atoms with Gasteiger partial charge in [-0.1, -0.05) is 0 Å². The summed E-state index contributed by atoms with van der Waals surface area (Å²) in [5.41, 5.74) is 1.04. The van der Waals surface area contributed by atoms with Crippen LogP contribution >= 0.6 is 0 Å². The maximum absolute atomic E-state index is 11.4. The maximum Gasteiger partial charge on any atom is 0.358 e. The van der Waals surface area contributed by atoms with Crippen molar-refractivity contribution >= 4 is 5.97 Å². The fourth-order valence-corrected chi connectivity index (χ4v) is 2.23. The first-order valence-corrected chi connectivity index (χ1v) is 5.42. The molecule has 6 nitrogen and oxygen atoms in total. The fraction of sp³-hybridized carbons (Fsp3) is 0.455. The Balaban J connectivity index is 2.03. The van der Waals surface area contributed by atoms with Crippen molar-refractivity contribution in [1.82, 2.24) is 9.78 Å². The summed E-state index contributed by atoms with van der Waals surface area (Å²) in [7, 11) is 1.33. The van der Waals surface area contributed by atoms with Crippen LogP contribution in [0.2, 0.25) is 0 Å². The highest BCUT2D eigenvalue weighted by atomic mass is 16.7. The molecule has 0 bridgehead atoms. The Morgan fingerprint density at radius 1 is 1.53 bits per heavy atom. The van der Waals surface area contributed by atoms with Crippen LogP contribution in [0.5, 0.6) is 0 Å². The summed E-state index contributed by atoms with van der Waals surface area (Å²) in [5, 5.41) is 4.19. The Morgan fingerprint density at radius 2 is 2.29 bits per heavy atom. The zero-order valence-corrected chi connectivity index (χ0v) is 9.38. The van der Waals surface area contributed by atoms with Gasteiger partial charge in [0.15, 0.2) is 5.69 Å². The average Bonchev–Trinajstić information content (AvgIpc) is 2.96. The van der Waals surface area contributed by atoms with Gasteiger partial charge in [-0.3, -0.25) is 4.68 Å². The van der Waals surface area contributed by atoms with E-state index >= 15 is 0 Å². The summed E-state index contributed by atoms with van der Waals surface area (Å²) in [6.07, 6.45) is 4.66. The largest absolute Gasteiger partial charge is 0.464 e. The summed E-state index contributed by atoms with van der Waals surface area (Å²) >= 11 is 0. The molecule has 1 aromatic heterocycles. The molecular formula is C11H12N2O4. The van der Waals surface area contributed by atoms with Crippen LogP contribution in [0.25, 0.3) is 0 Å². The van der Waals surface area contributed by atoms with Gasteiger partial charge in [0.2, 0.25) is 0 Å². The Kier molecular flexibility index (Phi) is 2.10. The number of aryl methyl sites for hydroxylation is 1. The van der Waals surface area contributed by atoms with Crippen LogP contribution in [0.4, 0.5) is 0 Å². The molecular weight excluding hydrogens is 224 g/mol. The van der Waals surface area contributed by atoms with E-state index in [0.717, 1.165) is 25.1 Å². The van der Waals surface area contributed by atoms with Crippen LogP contribution in [-0.2, 0) is 26.5 Å². The average molecular weight is 236 g/mol. The van der Waals surface area contributed by atoms with E-state index in [9.17, 15) is 4.79 Å². The Morgan fingerprint density at radius 3 is 3.00 bits per heavy atom. The molecule has 2 aliphatic heterocycles. The van der Waals surface area contributed by atoms with Crippen LogP contribution in [0.15, 0.2) is 18.6 Å². The molecule has 3 heterocycles. The van der Waals surface area contributed by atoms with Gasteiger partial charge >= 0.3 is 5.97 Å². The molecule has 0 saturated heterocycles. The molecule has 0 aromatic carbocycles. The van der Waals surface area contributed by atoms with Crippen LogP contribution in [-0.4, -0.2) is 22.9 Å². The van der Waals surface area contributed by atoms with Crippen molar-refractivity contribution in [3.05, 3.63) is 30.0 Å². The lowest BCUT2D eigenvalue weighted by atomic mass is 10.0. The van der Waals surface area contributed by atoms with Gasteiger partial charge in [0.1, 0.15) is 18.2 Å². The SMILES string of the molecule is COC(=O)c1cc2n(n1)CCCC21OC=CO1. The number of ether oxygens (including phenoxy) is 3. The second kappa shape index (κ2) is 3.51. The van der Waals surface area contributed by atoms with E-state index < -0.39 is 11.8 Å². The minimum absolute atomic E-state index is 0.280. The van der Waals surface area contributed by atoms with Gasteiger partial charge in [-0.25, -0.2) is 4.79 Å². The Labute approximate surface area is 97.8 Å². The number of rotatable bonds is 1. The van der Waals surface area contributed by atoms with E-state index in [1.165, 1.54) is 19.6 Å². The summed E-state index contributed by atoms with van der Waals surface area (Å²) < 4.78 is 17.4. The minimum Gasteiger partial charge on any atom is -0.464 e.